The fraction of sp³-hybridized carbons (Fsp3) is 0.143. The average Bonchev–Trinajstić information content (AvgIpc) is 1.90. The van der Waals surface area contributed by atoms with Crippen LogP contribution in [0.25, 0.3) is 0 Å². The van der Waals surface area contributed by atoms with Crippen molar-refractivity contribution in [3.63, 3.8) is 0 Å². The zero-order valence-corrected chi connectivity index (χ0v) is 7.74. The van der Waals surface area contributed by atoms with E-state index in [0.717, 1.165) is 5.56 Å². The molecule has 0 heterocycles. The minimum absolute atomic E-state index is 0. The predicted molar refractivity (Wildman–Crippen MR) is 32.4 cm³/mol. The van der Waals surface area contributed by atoms with E-state index in [1.165, 1.54) is 0 Å². The maximum Gasteiger partial charge on any atom is 3.00 e. The van der Waals surface area contributed by atoms with Crippen LogP contribution in [-0.4, -0.2) is 5.11 Å². The van der Waals surface area contributed by atoms with Crippen LogP contribution in [-0.2, 0) is 28.3 Å². The molecule has 1 nitrogen and oxygen atoms in total. The third-order valence-corrected chi connectivity index (χ3v) is 1.03. The van der Waals surface area contributed by atoms with Gasteiger partial charge in [-0.25, -0.2) is 0 Å². The van der Waals surface area contributed by atoms with Crippen LogP contribution in [0.15, 0.2) is 30.3 Å². The summed E-state index contributed by atoms with van der Waals surface area (Å²) in [5.41, 5.74) is 0.965. The SMILES string of the molecule is OCc1ccccc1.[F-].[F-].[F-].[Ti+3]. The van der Waals surface area contributed by atoms with Crippen LogP contribution < -0.4 is 14.1 Å². The van der Waals surface area contributed by atoms with Gasteiger partial charge in [0.05, 0.1) is 6.61 Å². The smallest absolute Gasteiger partial charge is 1.00 e. The molecule has 67 valence electrons. The predicted octanol–water partition coefficient (Wildman–Crippen LogP) is -7.81. The largest absolute Gasteiger partial charge is 3.00 e. The van der Waals surface area contributed by atoms with Gasteiger partial charge in [-0.05, 0) is 5.56 Å². The van der Waals surface area contributed by atoms with Crippen LogP contribution in [0.2, 0.25) is 0 Å². The van der Waals surface area contributed by atoms with E-state index in [0.29, 0.717) is 0 Å². The molecule has 0 bridgehead atoms. The second-order valence-electron chi connectivity index (χ2n) is 1.64. The third kappa shape index (κ3) is 7.79. The molecule has 0 aliphatic rings. The molecule has 5 heteroatoms. The van der Waals surface area contributed by atoms with Crippen molar-refractivity contribution >= 4 is 0 Å². The van der Waals surface area contributed by atoms with E-state index in [1.807, 2.05) is 30.3 Å². The van der Waals surface area contributed by atoms with Gasteiger partial charge in [0.2, 0.25) is 0 Å². The Morgan fingerprint density at radius 2 is 1.33 bits per heavy atom. The van der Waals surface area contributed by atoms with E-state index in [-0.39, 0.29) is 42.4 Å². The van der Waals surface area contributed by atoms with Gasteiger partial charge in [0.25, 0.3) is 0 Å². The number of hydrogen-bond donors (Lipinski definition) is 1. The average molecular weight is 213 g/mol. The summed E-state index contributed by atoms with van der Waals surface area (Å²) in [6.45, 7) is 0.140. The van der Waals surface area contributed by atoms with Crippen molar-refractivity contribution in [2.24, 2.45) is 0 Å². The molecule has 1 radical (unpaired) electrons. The Morgan fingerprint density at radius 3 is 1.58 bits per heavy atom. The van der Waals surface area contributed by atoms with Crippen molar-refractivity contribution in [2.75, 3.05) is 0 Å². The first-order valence-corrected chi connectivity index (χ1v) is 2.58. The molecule has 12 heavy (non-hydrogen) atoms. The van der Waals surface area contributed by atoms with Gasteiger partial charge in [-0.1, -0.05) is 30.3 Å². The molecule has 0 aliphatic carbocycles. The third-order valence-electron chi connectivity index (χ3n) is 1.03. The monoisotopic (exact) mass is 213 g/mol. The fourth-order valence-corrected chi connectivity index (χ4v) is 0.583. The van der Waals surface area contributed by atoms with Crippen LogP contribution >= 0.6 is 0 Å². The van der Waals surface area contributed by atoms with Gasteiger partial charge in [0.1, 0.15) is 0 Å². The van der Waals surface area contributed by atoms with Crippen LogP contribution in [0.4, 0.5) is 0 Å². The van der Waals surface area contributed by atoms with Gasteiger partial charge in [0.15, 0.2) is 0 Å². The topological polar surface area (TPSA) is 20.2 Å². The number of benzene rings is 1. The quantitative estimate of drug-likeness (QED) is 0.459. The molecule has 0 aliphatic heterocycles. The van der Waals surface area contributed by atoms with Crippen molar-refractivity contribution in [2.45, 2.75) is 6.61 Å². The Labute approximate surface area is 83.8 Å². The van der Waals surface area contributed by atoms with E-state index < -0.39 is 0 Å². The van der Waals surface area contributed by atoms with Crippen LogP contribution in [0.5, 0.6) is 0 Å². The molecule has 1 N–H and O–H groups in total. The first kappa shape index (κ1) is 22.6. The van der Waals surface area contributed by atoms with Crippen molar-refractivity contribution < 1.29 is 40.9 Å². The summed E-state index contributed by atoms with van der Waals surface area (Å²) in [6, 6.07) is 9.52. The van der Waals surface area contributed by atoms with E-state index in [9.17, 15) is 0 Å². The zero-order valence-electron chi connectivity index (χ0n) is 6.17. The molecule has 0 amide bonds. The standard InChI is InChI=1S/C7H8O.3FH.Ti/c8-6-7-4-2-1-3-5-7;;;;/h1-5,8H,6H2;3*1H;/q;;;;+3/p-3. The van der Waals surface area contributed by atoms with Crippen LogP contribution in [0.1, 0.15) is 5.56 Å². The van der Waals surface area contributed by atoms with Gasteiger partial charge in [-0.15, -0.1) is 0 Å². The fourth-order valence-electron chi connectivity index (χ4n) is 0.583. The van der Waals surface area contributed by atoms with Gasteiger partial charge in [0, 0.05) is 0 Å². The molecule has 1 aromatic rings. The minimum Gasteiger partial charge on any atom is -1.00 e. The summed E-state index contributed by atoms with van der Waals surface area (Å²) in [6.07, 6.45) is 0. The summed E-state index contributed by atoms with van der Waals surface area (Å²) < 4.78 is 0. The summed E-state index contributed by atoms with van der Waals surface area (Å²) in [7, 11) is 0. The number of hydrogen-bond acceptors (Lipinski definition) is 1. The molecule has 0 atom stereocenters. The number of halogens is 3. The molecule has 0 saturated heterocycles. The molecular weight excluding hydrogens is 205 g/mol. The van der Waals surface area contributed by atoms with Crippen molar-refractivity contribution in [1.82, 2.24) is 0 Å². The molecule has 1 rings (SSSR count). The molecule has 0 saturated carbocycles. The second kappa shape index (κ2) is 13.3. The Kier molecular flexibility index (Phi) is 25.0. The molecule has 0 unspecified atom stereocenters. The number of aliphatic hydroxyl groups excluding tert-OH is 1. The van der Waals surface area contributed by atoms with Crippen molar-refractivity contribution in [1.29, 1.82) is 0 Å². The van der Waals surface area contributed by atoms with Crippen molar-refractivity contribution in [3.8, 4) is 0 Å². The summed E-state index contributed by atoms with van der Waals surface area (Å²) in [5, 5.41) is 8.54. The van der Waals surface area contributed by atoms with Gasteiger partial charge >= 0.3 is 21.7 Å². The van der Waals surface area contributed by atoms with E-state index in [4.69, 9.17) is 5.11 Å². The number of rotatable bonds is 1. The minimum atomic E-state index is 0. The molecule has 0 aromatic heterocycles. The maximum atomic E-state index is 8.54. The normalized spacial score (nSPS) is 6.08. The summed E-state index contributed by atoms with van der Waals surface area (Å²) in [4.78, 5) is 0. The van der Waals surface area contributed by atoms with Gasteiger partial charge < -0.3 is 19.2 Å². The Hall–Kier alpha value is -0.316. The van der Waals surface area contributed by atoms with E-state index >= 15 is 0 Å². The second-order valence-corrected chi connectivity index (χ2v) is 1.64. The maximum absolute atomic E-state index is 8.54. The molecule has 1 aromatic carbocycles. The Bertz CT molecular complexity index is 160. The van der Waals surface area contributed by atoms with Crippen LogP contribution in [0, 0.1) is 0 Å². The van der Waals surface area contributed by atoms with Crippen LogP contribution in [0.3, 0.4) is 0 Å². The zero-order chi connectivity index (χ0) is 5.82. The van der Waals surface area contributed by atoms with E-state index in [1.54, 1.807) is 0 Å². The molecular formula is C7H8F3OTi. The summed E-state index contributed by atoms with van der Waals surface area (Å²) >= 11 is 0. The van der Waals surface area contributed by atoms with Crippen molar-refractivity contribution in [3.05, 3.63) is 35.9 Å². The first-order valence-electron chi connectivity index (χ1n) is 2.58. The molecule has 0 fully saturated rings. The summed E-state index contributed by atoms with van der Waals surface area (Å²) in [5.74, 6) is 0. The van der Waals surface area contributed by atoms with Gasteiger partial charge in [-0.2, -0.15) is 0 Å². The first-order chi connectivity index (χ1) is 3.93. The Morgan fingerprint density at radius 1 is 0.917 bits per heavy atom. The number of aliphatic hydroxyl groups is 1. The molecule has 0 spiro atoms. The Balaban J connectivity index is -0.0000000800. The van der Waals surface area contributed by atoms with Gasteiger partial charge in [-0.3, -0.25) is 0 Å². The van der Waals surface area contributed by atoms with E-state index in [2.05, 4.69) is 0 Å².